The summed E-state index contributed by atoms with van der Waals surface area (Å²) in [4.78, 5) is 3.67. The van der Waals surface area contributed by atoms with E-state index in [1.54, 1.807) is 25.2 Å². The van der Waals surface area contributed by atoms with E-state index in [0.717, 1.165) is 18.0 Å². The highest BCUT2D eigenvalue weighted by molar-refractivity contribution is 7.89. The molecule has 0 aliphatic carbocycles. The lowest BCUT2D eigenvalue weighted by Gasteiger charge is -2.29. The molecule has 128 valence electrons. The van der Waals surface area contributed by atoms with Crippen molar-refractivity contribution in [2.45, 2.75) is 38.6 Å². The van der Waals surface area contributed by atoms with Crippen LogP contribution in [0, 0.1) is 13.8 Å². The standard InChI is InChI=1S/C15H24N4O2S2/c1-5-19(6-2)13(14-8-7-9-22-14)10-16-23(20,21)15-11(3)17-18-12(15)4/h7-9,13,16H,5-6,10H2,1-4H3,(H,17,18). The first-order chi connectivity index (χ1) is 10.9. The molecule has 0 aromatic carbocycles. The minimum absolute atomic E-state index is 0.0345. The maximum atomic E-state index is 12.6. The lowest BCUT2D eigenvalue weighted by atomic mass is 10.2. The second kappa shape index (κ2) is 7.57. The van der Waals surface area contributed by atoms with Gasteiger partial charge in [-0.25, -0.2) is 13.1 Å². The van der Waals surface area contributed by atoms with Gasteiger partial charge in [-0.2, -0.15) is 5.10 Å². The number of rotatable bonds is 8. The van der Waals surface area contributed by atoms with E-state index < -0.39 is 10.0 Å². The molecule has 8 heteroatoms. The molecule has 2 rings (SSSR count). The van der Waals surface area contributed by atoms with Crippen LogP contribution in [0.5, 0.6) is 0 Å². The van der Waals surface area contributed by atoms with E-state index in [1.807, 2.05) is 11.4 Å². The number of nitrogens with one attached hydrogen (secondary N) is 2. The van der Waals surface area contributed by atoms with Crippen LogP contribution in [0.3, 0.4) is 0 Å². The molecular formula is C15H24N4O2S2. The van der Waals surface area contributed by atoms with Gasteiger partial charge in [-0.1, -0.05) is 19.9 Å². The van der Waals surface area contributed by atoms with Gasteiger partial charge in [0.2, 0.25) is 10.0 Å². The van der Waals surface area contributed by atoms with Gasteiger partial charge in [0.1, 0.15) is 4.90 Å². The van der Waals surface area contributed by atoms with Gasteiger partial charge in [-0.15, -0.1) is 11.3 Å². The summed E-state index contributed by atoms with van der Waals surface area (Å²) in [7, 11) is -3.58. The van der Waals surface area contributed by atoms with Gasteiger partial charge in [0.05, 0.1) is 17.4 Å². The Balaban J connectivity index is 2.21. The van der Waals surface area contributed by atoms with Crippen molar-refractivity contribution in [3.05, 3.63) is 33.8 Å². The molecule has 0 bridgehead atoms. The van der Waals surface area contributed by atoms with E-state index in [0.29, 0.717) is 17.9 Å². The number of likely N-dealkylation sites (N-methyl/N-ethyl adjacent to an activating group) is 1. The lowest BCUT2D eigenvalue weighted by Crippen LogP contribution is -2.37. The van der Waals surface area contributed by atoms with Crippen molar-refractivity contribution in [3.8, 4) is 0 Å². The molecule has 2 aromatic rings. The highest BCUT2D eigenvalue weighted by atomic mass is 32.2. The van der Waals surface area contributed by atoms with Crippen molar-refractivity contribution in [1.82, 2.24) is 19.8 Å². The average molecular weight is 357 g/mol. The largest absolute Gasteiger partial charge is 0.295 e. The molecule has 0 aliphatic heterocycles. The highest BCUT2D eigenvalue weighted by Crippen LogP contribution is 2.25. The number of thiophene rings is 1. The van der Waals surface area contributed by atoms with Gasteiger partial charge in [-0.05, 0) is 38.4 Å². The monoisotopic (exact) mass is 356 g/mol. The number of aryl methyl sites for hydroxylation is 2. The fraction of sp³-hybridized carbons (Fsp3) is 0.533. The first-order valence-corrected chi connectivity index (χ1v) is 10.1. The van der Waals surface area contributed by atoms with Crippen LogP contribution in [-0.4, -0.2) is 43.1 Å². The van der Waals surface area contributed by atoms with Gasteiger partial charge in [0.15, 0.2) is 0 Å². The molecule has 1 unspecified atom stereocenters. The van der Waals surface area contributed by atoms with Gasteiger partial charge < -0.3 is 0 Å². The van der Waals surface area contributed by atoms with Gasteiger partial charge in [-0.3, -0.25) is 10.00 Å². The first-order valence-electron chi connectivity index (χ1n) is 7.69. The molecule has 0 spiro atoms. The second-order valence-corrected chi connectivity index (χ2v) is 8.05. The summed E-state index contributed by atoms with van der Waals surface area (Å²) in [5.74, 6) is 0. The van der Waals surface area contributed by atoms with Crippen LogP contribution in [-0.2, 0) is 10.0 Å². The smallest absolute Gasteiger partial charge is 0.244 e. The van der Waals surface area contributed by atoms with Crippen LogP contribution in [0.25, 0.3) is 0 Å². The summed E-state index contributed by atoms with van der Waals surface area (Å²) in [5.41, 5.74) is 1.05. The number of aromatic nitrogens is 2. The average Bonchev–Trinajstić information content (AvgIpc) is 3.13. The highest BCUT2D eigenvalue weighted by Gasteiger charge is 2.26. The van der Waals surface area contributed by atoms with E-state index in [2.05, 4.69) is 39.7 Å². The van der Waals surface area contributed by atoms with Crippen molar-refractivity contribution >= 4 is 21.4 Å². The van der Waals surface area contributed by atoms with Crippen molar-refractivity contribution in [3.63, 3.8) is 0 Å². The van der Waals surface area contributed by atoms with Crippen LogP contribution < -0.4 is 4.72 Å². The molecule has 1 atom stereocenters. The maximum Gasteiger partial charge on any atom is 0.244 e. The Morgan fingerprint density at radius 2 is 2.04 bits per heavy atom. The molecule has 2 N–H and O–H groups in total. The molecule has 6 nitrogen and oxygen atoms in total. The van der Waals surface area contributed by atoms with Crippen molar-refractivity contribution in [1.29, 1.82) is 0 Å². The zero-order valence-corrected chi connectivity index (χ0v) is 15.6. The molecule has 0 radical (unpaired) electrons. The third-order valence-electron chi connectivity index (χ3n) is 3.92. The van der Waals surface area contributed by atoms with Crippen LogP contribution in [0.15, 0.2) is 22.4 Å². The minimum atomic E-state index is -3.58. The fourth-order valence-electron chi connectivity index (χ4n) is 2.75. The maximum absolute atomic E-state index is 12.6. The van der Waals surface area contributed by atoms with E-state index in [4.69, 9.17) is 0 Å². The molecule has 2 aromatic heterocycles. The summed E-state index contributed by atoms with van der Waals surface area (Å²) in [5, 5.41) is 8.72. The van der Waals surface area contributed by atoms with E-state index in [1.165, 1.54) is 0 Å². The molecule has 2 heterocycles. The minimum Gasteiger partial charge on any atom is -0.295 e. The lowest BCUT2D eigenvalue weighted by molar-refractivity contribution is 0.223. The van der Waals surface area contributed by atoms with Gasteiger partial charge >= 0.3 is 0 Å². The van der Waals surface area contributed by atoms with Crippen LogP contribution in [0.1, 0.15) is 36.2 Å². The number of H-pyrrole nitrogens is 1. The Labute approximate surface area is 142 Å². The molecule has 0 amide bonds. The number of aromatic amines is 1. The normalized spacial score (nSPS) is 13.6. The van der Waals surface area contributed by atoms with Gasteiger partial charge in [0.25, 0.3) is 0 Å². The quantitative estimate of drug-likeness (QED) is 0.761. The SMILES string of the molecule is CCN(CC)C(CNS(=O)(=O)c1c(C)n[nH]c1C)c1cccs1. The topological polar surface area (TPSA) is 78.1 Å². The Morgan fingerprint density at radius 3 is 2.52 bits per heavy atom. The Kier molecular flexibility index (Phi) is 5.96. The fourth-order valence-corrected chi connectivity index (χ4v) is 5.02. The zero-order valence-electron chi connectivity index (χ0n) is 14.0. The molecule has 0 saturated heterocycles. The van der Waals surface area contributed by atoms with E-state index in [-0.39, 0.29) is 10.9 Å². The predicted molar refractivity (Wildman–Crippen MR) is 93.2 cm³/mol. The summed E-state index contributed by atoms with van der Waals surface area (Å²) >= 11 is 1.65. The summed E-state index contributed by atoms with van der Waals surface area (Å²) in [6.07, 6.45) is 0. The molecule has 0 saturated carbocycles. The van der Waals surface area contributed by atoms with E-state index in [9.17, 15) is 8.42 Å². The predicted octanol–water partition coefficient (Wildman–Crippen LogP) is 2.45. The van der Waals surface area contributed by atoms with Crippen molar-refractivity contribution in [2.24, 2.45) is 0 Å². The van der Waals surface area contributed by atoms with Gasteiger partial charge in [0, 0.05) is 11.4 Å². The van der Waals surface area contributed by atoms with Crippen molar-refractivity contribution in [2.75, 3.05) is 19.6 Å². The molecule has 0 fully saturated rings. The zero-order chi connectivity index (χ0) is 17.0. The number of sulfonamides is 1. The van der Waals surface area contributed by atoms with Crippen LogP contribution in [0.2, 0.25) is 0 Å². The van der Waals surface area contributed by atoms with Crippen LogP contribution >= 0.6 is 11.3 Å². The van der Waals surface area contributed by atoms with Crippen LogP contribution in [0.4, 0.5) is 0 Å². The van der Waals surface area contributed by atoms with Crippen molar-refractivity contribution < 1.29 is 8.42 Å². The molecule has 23 heavy (non-hydrogen) atoms. The number of nitrogens with zero attached hydrogens (tertiary/aromatic N) is 2. The Bertz CT molecular complexity index is 699. The molecular weight excluding hydrogens is 332 g/mol. The Morgan fingerprint density at radius 1 is 1.35 bits per heavy atom. The van der Waals surface area contributed by atoms with E-state index >= 15 is 0 Å². The molecule has 0 aliphatic rings. The number of hydrogen-bond donors (Lipinski definition) is 2. The third-order valence-corrected chi connectivity index (χ3v) is 6.58. The summed E-state index contributed by atoms with van der Waals surface area (Å²) in [6, 6.07) is 4.08. The summed E-state index contributed by atoms with van der Waals surface area (Å²) in [6.45, 7) is 9.66. The number of hydrogen-bond acceptors (Lipinski definition) is 5. The first kappa shape index (κ1) is 18.1. The summed E-state index contributed by atoms with van der Waals surface area (Å²) < 4.78 is 28.0. The second-order valence-electron chi connectivity index (χ2n) is 5.37. The third kappa shape index (κ3) is 4.00. The Hall–Kier alpha value is -1.22.